The number of amides is 1. The van der Waals surface area contributed by atoms with Crippen molar-refractivity contribution in [2.24, 2.45) is 0 Å². The summed E-state index contributed by atoms with van der Waals surface area (Å²) in [5.41, 5.74) is 0.161. The fraction of sp³-hybridized carbons (Fsp3) is 0.409. The van der Waals surface area contributed by atoms with E-state index in [9.17, 15) is 13.2 Å². The number of sulfone groups is 1. The molecule has 1 heterocycles. The van der Waals surface area contributed by atoms with Crippen molar-refractivity contribution in [3.63, 3.8) is 0 Å². The molecule has 0 N–H and O–H groups in total. The Hall–Kier alpha value is -2.45. The first-order valence-corrected chi connectivity index (χ1v) is 12.0. The van der Waals surface area contributed by atoms with E-state index in [4.69, 9.17) is 25.8 Å². The predicted octanol–water partition coefficient (Wildman–Crippen LogP) is 4.32. The molecule has 0 saturated carbocycles. The van der Waals surface area contributed by atoms with E-state index in [1.807, 2.05) is 20.8 Å². The van der Waals surface area contributed by atoms with E-state index in [1.165, 1.54) is 0 Å². The highest BCUT2D eigenvalue weighted by Crippen LogP contribution is 2.33. The quantitative estimate of drug-likeness (QED) is 0.629. The molecule has 0 aliphatic carbocycles. The molecule has 7 nitrogen and oxygen atoms in total. The van der Waals surface area contributed by atoms with Crippen LogP contribution in [0, 0.1) is 0 Å². The Morgan fingerprint density at radius 2 is 1.84 bits per heavy atom. The lowest BCUT2D eigenvalue weighted by Crippen LogP contribution is -2.57. The van der Waals surface area contributed by atoms with Crippen LogP contribution in [0.25, 0.3) is 0 Å². The molecule has 2 aromatic rings. The normalized spacial score (nSPS) is 14.7. The molecule has 0 aromatic heterocycles. The molecular weight excluding hydrogens is 442 g/mol. The van der Waals surface area contributed by atoms with Crippen LogP contribution in [0.2, 0.25) is 5.02 Å². The molecule has 0 atom stereocenters. The smallest absolute Gasteiger partial charge is 0.410 e. The number of rotatable bonds is 6. The third-order valence-corrected chi connectivity index (χ3v) is 5.77. The summed E-state index contributed by atoms with van der Waals surface area (Å²) < 4.78 is 40.7. The highest BCUT2D eigenvalue weighted by molar-refractivity contribution is 7.90. The Morgan fingerprint density at radius 1 is 1.13 bits per heavy atom. The Balaban J connectivity index is 1.63. The van der Waals surface area contributed by atoms with Crippen LogP contribution in [0.5, 0.6) is 11.5 Å². The summed E-state index contributed by atoms with van der Waals surface area (Å²) >= 11 is 6.11. The molecule has 1 saturated heterocycles. The van der Waals surface area contributed by atoms with Gasteiger partial charge in [0.2, 0.25) is 0 Å². The van der Waals surface area contributed by atoms with Crippen LogP contribution in [0.4, 0.5) is 4.79 Å². The van der Waals surface area contributed by atoms with E-state index >= 15 is 0 Å². The monoisotopic (exact) mass is 467 g/mol. The maximum atomic E-state index is 12.1. The van der Waals surface area contributed by atoms with Crippen molar-refractivity contribution in [3.05, 3.63) is 53.1 Å². The lowest BCUT2D eigenvalue weighted by Gasteiger charge is -2.39. The fourth-order valence-electron chi connectivity index (χ4n) is 2.89. The third-order valence-electron chi connectivity index (χ3n) is 4.42. The zero-order valence-corrected chi connectivity index (χ0v) is 19.5. The van der Waals surface area contributed by atoms with Crippen LogP contribution in [0.15, 0.2) is 47.4 Å². The predicted molar refractivity (Wildman–Crippen MR) is 118 cm³/mol. The van der Waals surface area contributed by atoms with Gasteiger partial charge in [-0.15, -0.1) is 0 Å². The molecule has 1 aliphatic rings. The highest BCUT2D eigenvalue weighted by atomic mass is 35.5. The number of ether oxygens (including phenoxy) is 3. The first kappa shape index (κ1) is 23.2. The van der Waals surface area contributed by atoms with Crippen LogP contribution in [-0.2, 0) is 21.2 Å². The van der Waals surface area contributed by atoms with Gasteiger partial charge in [-0.3, -0.25) is 0 Å². The molecule has 0 radical (unpaired) electrons. The van der Waals surface area contributed by atoms with E-state index < -0.39 is 15.4 Å². The Labute approximate surface area is 187 Å². The summed E-state index contributed by atoms with van der Waals surface area (Å²) in [6.45, 7) is 6.42. The van der Waals surface area contributed by atoms with E-state index in [1.54, 1.807) is 47.4 Å². The second-order valence-electron chi connectivity index (χ2n) is 8.42. The van der Waals surface area contributed by atoms with E-state index in [2.05, 4.69) is 0 Å². The van der Waals surface area contributed by atoms with Gasteiger partial charge in [-0.05, 0) is 50.6 Å². The van der Waals surface area contributed by atoms with Gasteiger partial charge < -0.3 is 19.1 Å². The second-order valence-corrected chi connectivity index (χ2v) is 10.9. The van der Waals surface area contributed by atoms with Gasteiger partial charge in [0.1, 0.15) is 18.3 Å². The topological polar surface area (TPSA) is 82.1 Å². The summed E-state index contributed by atoms with van der Waals surface area (Å²) in [6, 6.07) is 11.6. The molecule has 31 heavy (non-hydrogen) atoms. The van der Waals surface area contributed by atoms with Crippen LogP contribution in [-0.4, -0.2) is 50.5 Å². The lowest BCUT2D eigenvalue weighted by molar-refractivity contribution is -0.0227. The average molecular weight is 468 g/mol. The Morgan fingerprint density at radius 3 is 2.48 bits per heavy atom. The SMILES string of the molecule is CC(C)(C)OC(=O)N1CC(Oc2cc(Cl)ccc2OCc2cccc(S(C)(=O)=O)c2)C1. The molecule has 1 amide bonds. The van der Waals surface area contributed by atoms with Crippen molar-refractivity contribution in [2.75, 3.05) is 19.3 Å². The number of nitrogens with zero attached hydrogens (tertiary/aromatic N) is 1. The maximum absolute atomic E-state index is 12.1. The van der Waals surface area contributed by atoms with Gasteiger partial charge in [-0.2, -0.15) is 0 Å². The van der Waals surface area contributed by atoms with Crippen molar-refractivity contribution in [1.29, 1.82) is 0 Å². The molecule has 2 aromatic carbocycles. The van der Waals surface area contributed by atoms with Crippen molar-refractivity contribution < 1.29 is 27.4 Å². The Kier molecular flexibility index (Phi) is 6.71. The fourth-order valence-corrected chi connectivity index (χ4v) is 3.74. The van der Waals surface area contributed by atoms with Gasteiger partial charge in [-0.25, -0.2) is 13.2 Å². The maximum Gasteiger partial charge on any atom is 0.410 e. The minimum absolute atomic E-state index is 0.163. The van der Waals surface area contributed by atoms with Crippen molar-refractivity contribution in [3.8, 4) is 11.5 Å². The third kappa shape index (κ3) is 6.51. The summed E-state index contributed by atoms with van der Waals surface area (Å²) in [7, 11) is -3.30. The highest BCUT2D eigenvalue weighted by Gasteiger charge is 2.35. The van der Waals surface area contributed by atoms with Crippen LogP contribution in [0.1, 0.15) is 26.3 Å². The molecular formula is C22H26ClNO6S. The number of carbonyl (C=O) groups is 1. The molecule has 0 bridgehead atoms. The first-order valence-electron chi connectivity index (χ1n) is 9.77. The first-order chi connectivity index (χ1) is 14.4. The molecule has 1 aliphatic heterocycles. The van der Waals surface area contributed by atoms with Gasteiger partial charge in [0.25, 0.3) is 0 Å². The number of carbonyl (C=O) groups excluding carboxylic acids is 1. The molecule has 0 spiro atoms. The second kappa shape index (κ2) is 8.96. The average Bonchev–Trinajstić information content (AvgIpc) is 2.61. The van der Waals surface area contributed by atoms with Crippen molar-refractivity contribution in [1.82, 2.24) is 4.90 Å². The number of hydrogen-bond acceptors (Lipinski definition) is 6. The minimum Gasteiger partial charge on any atom is -0.485 e. The molecule has 0 unspecified atom stereocenters. The Bertz CT molecular complexity index is 1060. The largest absolute Gasteiger partial charge is 0.485 e. The van der Waals surface area contributed by atoms with Gasteiger partial charge in [0, 0.05) is 17.3 Å². The molecule has 1 fully saturated rings. The number of benzene rings is 2. The van der Waals surface area contributed by atoms with Gasteiger partial charge in [-0.1, -0.05) is 23.7 Å². The standard InChI is InChI=1S/C22H26ClNO6S/c1-22(2,3)30-21(25)24-12-17(13-24)29-20-11-16(23)8-9-19(20)28-14-15-6-5-7-18(10-15)31(4,26)27/h5-11,17H,12-14H2,1-4H3. The van der Waals surface area contributed by atoms with E-state index in [-0.39, 0.29) is 23.7 Å². The summed E-state index contributed by atoms with van der Waals surface area (Å²) in [6.07, 6.45) is 0.583. The van der Waals surface area contributed by atoms with Crippen molar-refractivity contribution in [2.45, 2.75) is 44.0 Å². The summed E-state index contributed by atoms with van der Waals surface area (Å²) in [5.74, 6) is 0.936. The minimum atomic E-state index is -3.30. The van der Waals surface area contributed by atoms with Crippen LogP contribution >= 0.6 is 11.6 Å². The van der Waals surface area contributed by atoms with Gasteiger partial charge >= 0.3 is 6.09 Å². The molecule has 3 rings (SSSR count). The number of halogens is 1. The lowest BCUT2D eigenvalue weighted by atomic mass is 10.1. The summed E-state index contributed by atoms with van der Waals surface area (Å²) in [5, 5.41) is 0.491. The van der Waals surface area contributed by atoms with Crippen molar-refractivity contribution >= 4 is 27.5 Å². The zero-order valence-electron chi connectivity index (χ0n) is 17.9. The van der Waals surface area contributed by atoms with E-state index in [0.29, 0.717) is 35.2 Å². The number of hydrogen-bond donors (Lipinski definition) is 0. The molecule has 168 valence electrons. The number of likely N-dealkylation sites (tertiary alicyclic amines) is 1. The summed E-state index contributed by atoms with van der Waals surface area (Å²) in [4.78, 5) is 13.9. The van der Waals surface area contributed by atoms with Gasteiger partial charge in [0.05, 0.1) is 18.0 Å². The van der Waals surface area contributed by atoms with Gasteiger partial charge in [0.15, 0.2) is 21.3 Å². The van der Waals surface area contributed by atoms with E-state index in [0.717, 1.165) is 6.26 Å². The molecule has 9 heteroatoms. The van der Waals surface area contributed by atoms with Crippen LogP contribution in [0.3, 0.4) is 0 Å². The van der Waals surface area contributed by atoms with Crippen LogP contribution < -0.4 is 9.47 Å². The zero-order chi connectivity index (χ0) is 22.8.